The number of allylic oxidation sites excluding steroid dienone is 1. The van der Waals surface area contributed by atoms with Crippen LogP contribution >= 0.6 is 22.7 Å². The summed E-state index contributed by atoms with van der Waals surface area (Å²) >= 11 is 2.82. The fourth-order valence-corrected chi connectivity index (χ4v) is 5.63. The number of rotatable bonds is 8. The zero-order chi connectivity index (χ0) is 23.4. The van der Waals surface area contributed by atoms with Gasteiger partial charge in [0.2, 0.25) is 0 Å². The highest BCUT2D eigenvalue weighted by Crippen LogP contribution is 2.32. The number of methoxy groups -OCH3 is 1. The molecule has 6 nitrogen and oxygen atoms in total. The van der Waals surface area contributed by atoms with E-state index in [9.17, 15) is 9.59 Å². The Kier molecular flexibility index (Phi) is 7.25. The molecule has 0 aliphatic carbocycles. The van der Waals surface area contributed by atoms with E-state index in [1.807, 2.05) is 47.9 Å². The van der Waals surface area contributed by atoms with Gasteiger partial charge in [-0.15, -0.1) is 11.3 Å². The highest BCUT2D eigenvalue weighted by atomic mass is 32.1. The van der Waals surface area contributed by atoms with Crippen LogP contribution in [0.1, 0.15) is 49.6 Å². The van der Waals surface area contributed by atoms with Crippen LogP contribution < -0.4 is 19.6 Å². The molecule has 0 bridgehead atoms. The number of esters is 1. The van der Waals surface area contributed by atoms with Gasteiger partial charge in [0, 0.05) is 4.88 Å². The average molecular weight is 483 g/mol. The van der Waals surface area contributed by atoms with Gasteiger partial charge in [0.25, 0.3) is 5.56 Å². The van der Waals surface area contributed by atoms with Gasteiger partial charge in [-0.2, -0.15) is 0 Å². The molecule has 2 aromatic heterocycles. The molecule has 1 atom stereocenters. The lowest BCUT2D eigenvalue weighted by atomic mass is 10.0. The zero-order valence-electron chi connectivity index (χ0n) is 18.9. The van der Waals surface area contributed by atoms with Crippen molar-refractivity contribution in [3.05, 3.63) is 83.2 Å². The van der Waals surface area contributed by atoms with Gasteiger partial charge in [-0.25, -0.2) is 9.79 Å². The Labute approximate surface area is 200 Å². The van der Waals surface area contributed by atoms with Crippen molar-refractivity contribution in [3.8, 4) is 5.75 Å². The van der Waals surface area contributed by atoms with E-state index in [4.69, 9.17) is 9.47 Å². The van der Waals surface area contributed by atoms with Crippen LogP contribution in [0.25, 0.3) is 6.08 Å². The molecule has 0 saturated carbocycles. The second-order valence-corrected chi connectivity index (χ2v) is 9.70. The van der Waals surface area contributed by atoms with Crippen LogP contribution in [0.3, 0.4) is 0 Å². The van der Waals surface area contributed by atoms with Gasteiger partial charge in [-0.1, -0.05) is 49.3 Å². The molecule has 172 valence electrons. The molecule has 33 heavy (non-hydrogen) atoms. The number of hydrogen-bond acceptors (Lipinski definition) is 7. The molecule has 3 aromatic rings. The summed E-state index contributed by atoms with van der Waals surface area (Å²) in [5.41, 5.74) is 1.68. The van der Waals surface area contributed by atoms with Crippen LogP contribution in [0.5, 0.6) is 5.75 Å². The van der Waals surface area contributed by atoms with E-state index in [2.05, 4.69) is 11.9 Å². The minimum Gasteiger partial charge on any atom is -0.494 e. The number of nitrogens with zero attached hydrogens (tertiary/aromatic N) is 2. The number of aromatic nitrogens is 1. The van der Waals surface area contributed by atoms with Crippen molar-refractivity contribution in [1.29, 1.82) is 0 Å². The van der Waals surface area contributed by atoms with Crippen molar-refractivity contribution in [2.45, 2.75) is 39.2 Å². The monoisotopic (exact) mass is 482 g/mol. The number of thiophene rings is 1. The summed E-state index contributed by atoms with van der Waals surface area (Å²) in [5, 5.41) is 1.93. The number of carbonyl (C=O) groups is 1. The molecule has 1 aliphatic heterocycles. The summed E-state index contributed by atoms with van der Waals surface area (Å²) in [6.07, 6.45) is 5.21. The van der Waals surface area contributed by atoms with E-state index < -0.39 is 12.0 Å². The number of fused-ring (bicyclic) bond motifs is 1. The topological polar surface area (TPSA) is 69.9 Å². The molecule has 0 radical (unpaired) electrons. The summed E-state index contributed by atoms with van der Waals surface area (Å²) < 4.78 is 13.0. The SMILES string of the molecule is CCCCCOc1ccc(C=c2sc3n(c2=O)C(c2cccs2)C(C(=O)OC)=C(C)N=3)cc1. The summed E-state index contributed by atoms with van der Waals surface area (Å²) in [5.74, 6) is 0.346. The number of carbonyl (C=O) groups excluding carboxylic acids is 1. The summed E-state index contributed by atoms with van der Waals surface area (Å²) in [6, 6.07) is 11.0. The van der Waals surface area contributed by atoms with Crippen molar-refractivity contribution >= 4 is 34.7 Å². The average Bonchev–Trinajstić information content (AvgIpc) is 3.45. The Morgan fingerprint density at radius 1 is 1.21 bits per heavy atom. The molecule has 0 N–H and O–H groups in total. The molecule has 1 unspecified atom stereocenters. The van der Waals surface area contributed by atoms with Crippen molar-refractivity contribution in [1.82, 2.24) is 4.57 Å². The van der Waals surface area contributed by atoms with Gasteiger partial charge in [0.15, 0.2) is 4.80 Å². The molecule has 3 heterocycles. The Balaban J connectivity index is 1.71. The second kappa shape index (κ2) is 10.3. The summed E-state index contributed by atoms with van der Waals surface area (Å²) in [6.45, 7) is 4.65. The highest BCUT2D eigenvalue weighted by Gasteiger charge is 2.33. The Bertz CT molecular complexity index is 1330. The van der Waals surface area contributed by atoms with E-state index in [0.29, 0.717) is 27.2 Å². The molecular weight excluding hydrogens is 456 g/mol. The smallest absolute Gasteiger partial charge is 0.338 e. The number of unbranched alkanes of at least 4 members (excludes halogenated alkanes) is 2. The zero-order valence-corrected chi connectivity index (χ0v) is 20.5. The van der Waals surface area contributed by atoms with Crippen LogP contribution in [0.2, 0.25) is 0 Å². The molecule has 4 rings (SSSR count). The van der Waals surface area contributed by atoms with Crippen LogP contribution in [0.15, 0.2) is 62.8 Å². The van der Waals surface area contributed by atoms with Crippen LogP contribution in [0, 0.1) is 0 Å². The minimum atomic E-state index is -0.547. The largest absolute Gasteiger partial charge is 0.494 e. The van der Waals surface area contributed by atoms with E-state index in [1.54, 1.807) is 11.5 Å². The van der Waals surface area contributed by atoms with E-state index in [1.165, 1.54) is 29.8 Å². The first-order valence-corrected chi connectivity index (χ1v) is 12.6. The summed E-state index contributed by atoms with van der Waals surface area (Å²) in [4.78, 5) is 32.1. The minimum absolute atomic E-state index is 0.175. The van der Waals surface area contributed by atoms with Gasteiger partial charge < -0.3 is 9.47 Å². The van der Waals surface area contributed by atoms with E-state index in [-0.39, 0.29) is 5.56 Å². The molecular formula is C25H26N2O4S2. The van der Waals surface area contributed by atoms with Crippen LogP contribution in [-0.2, 0) is 9.53 Å². The molecule has 0 saturated heterocycles. The molecule has 0 spiro atoms. The Hall–Kier alpha value is -2.97. The lowest BCUT2D eigenvalue weighted by molar-refractivity contribution is -0.136. The van der Waals surface area contributed by atoms with Crippen LogP contribution in [-0.4, -0.2) is 24.3 Å². The fourth-order valence-electron chi connectivity index (χ4n) is 3.76. The van der Waals surface area contributed by atoms with Gasteiger partial charge in [0.1, 0.15) is 11.8 Å². The number of ether oxygens (including phenoxy) is 2. The first-order valence-electron chi connectivity index (χ1n) is 10.9. The fraction of sp³-hybridized carbons (Fsp3) is 0.320. The van der Waals surface area contributed by atoms with Gasteiger partial charge in [0.05, 0.1) is 29.5 Å². The quantitative estimate of drug-likeness (QED) is 0.359. The second-order valence-electron chi connectivity index (χ2n) is 7.71. The van der Waals surface area contributed by atoms with Gasteiger partial charge in [-0.3, -0.25) is 9.36 Å². The van der Waals surface area contributed by atoms with Crippen molar-refractivity contribution in [2.75, 3.05) is 13.7 Å². The number of benzene rings is 1. The molecule has 0 amide bonds. The summed E-state index contributed by atoms with van der Waals surface area (Å²) in [7, 11) is 1.34. The molecule has 1 aromatic carbocycles. The van der Waals surface area contributed by atoms with Crippen LogP contribution in [0.4, 0.5) is 0 Å². The molecule has 8 heteroatoms. The molecule has 1 aliphatic rings. The first-order chi connectivity index (χ1) is 16.0. The Morgan fingerprint density at radius 2 is 2.00 bits per heavy atom. The maximum absolute atomic E-state index is 13.4. The highest BCUT2D eigenvalue weighted by molar-refractivity contribution is 7.10. The number of hydrogen-bond donors (Lipinski definition) is 0. The van der Waals surface area contributed by atoms with Crippen molar-refractivity contribution < 1.29 is 14.3 Å². The van der Waals surface area contributed by atoms with Crippen molar-refractivity contribution in [2.24, 2.45) is 4.99 Å². The third kappa shape index (κ3) is 4.86. The maximum Gasteiger partial charge on any atom is 0.338 e. The lowest BCUT2D eigenvalue weighted by Crippen LogP contribution is -2.39. The predicted octanol–water partition coefficient (Wildman–Crippen LogP) is 4.04. The first kappa shape index (κ1) is 23.2. The Morgan fingerprint density at radius 3 is 2.67 bits per heavy atom. The maximum atomic E-state index is 13.4. The van der Waals surface area contributed by atoms with Crippen molar-refractivity contribution in [3.63, 3.8) is 0 Å². The van der Waals surface area contributed by atoms with Gasteiger partial charge in [-0.05, 0) is 48.6 Å². The van der Waals surface area contributed by atoms with E-state index >= 15 is 0 Å². The predicted molar refractivity (Wildman–Crippen MR) is 132 cm³/mol. The standard InChI is InChI=1S/C25H26N2O4S2/c1-4-5-6-13-31-18-11-9-17(10-12-18)15-20-23(28)27-22(19-8-7-14-32-19)21(24(29)30-3)16(2)26-25(27)33-20/h7-12,14-15,22H,4-6,13H2,1-3H3. The lowest BCUT2D eigenvalue weighted by Gasteiger charge is -2.22. The third-order valence-corrected chi connectivity index (χ3v) is 7.34. The normalized spacial score (nSPS) is 15.8. The molecule has 0 fully saturated rings. The van der Waals surface area contributed by atoms with Gasteiger partial charge >= 0.3 is 5.97 Å². The number of thiazole rings is 1. The van der Waals surface area contributed by atoms with E-state index in [0.717, 1.165) is 35.5 Å². The third-order valence-electron chi connectivity index (χ3n) is 5.43.